The predicted octanol–water partition coefficient (Wildman–Crippen LogP) is 2.83. The third-order valence-corrected chi connectivity index (χ3v) is 5.90. The quantitative estimate of drug-likeness (QED) is 0.845. The average Bonchev–Trinajstić information content (AvgIpc) is 3.25. The first-order chi connectivity index (χ1) is 11.1. The van der Waals surface area contributed by atoms with Gasteiger partial charge in [-0.1, -0.05) is 12.8 Å². The molecule has 3 aliphatic rings. The zero-order valence-electron chi connectivity index (χ0n) is 13.9. The number of carbonyl (C=O) groups is 2. The molecule has 1 heterocycles. The molecule has 3 rings (SSSR count). The van der Waals surface area contributed by atoms with Crippen LogP contribution in [0.2, 0.25) is 0 Å². The van der Waals surface area contributed by atoms with E-state index in [2.05, 4.69) is 4.90 Å². The maximum absolute atomic E-state index is 13.1. The molecular weight excluding hydrogens is 294 g/mol. The fourth-order valence-corrected chi connectivity index (χ4v) is 4.46. The number of carboxylic acids is 1. The molecule has 1 saturated heterocycles. The Balaban J connectivity index is 1.61. The van der Waals surface area contributed by atoms with Gasteiger partial charge in [0.25, 0.3) is 0 Å². The summed E-state index contributed by atoms with van der Waals surface area (Å²) in [7, 11) is 0. The number of hydrogen-bond donors (Lipinski definition) is 1. The molecule has 1 unspecified atom stereocenters. The van der Waals surface area contributed by atoms with Crippen LogP contribution in [0.5, 0.6) is 0 Å². The summed E-state index contributed by atoms with van der Waals surface area (Å²) in [4.78, 5) is 26.3. The van der Waals surface area contributed by atoms with E-state index in [1.54, 1.807) is 0 Å². The van der Waals surface area contributed by atoms with E-state index in [1.807, 2.05) is 0 Å². The summed E-state index contributed by atoms with van der Waals surface area (Å²) in [6, 6.07) is 0.379. The van der Waals surface area contributed by atoms with Crippen molar-refractivity contribution in [1.29, 1.82) is 0 Å². The van der Waals surface area contributed by atoms with Crippen LogP contribution in [0, 0.1) is 11.8 Å². The second-order valence-electron chi connectivity index (χ2n) is 7.45. The zero-order valence-corrected chi connectivity index (χ0v) is 13.9. The van der Waals surface area contributed by atoms with Gasteiger partial charge in [0.05, 0.1) is 12.0 Å². The molecule has 1 atom stereocenters. The third-order valence-electron chi connectivity index (χ3n) is 5.90. The van der Waals surface area contributed by atoms with E-state index in [0.717, 1.165) is 51.7 Å². The van der Waals surface area contributed by atoms with E-state index in [4.69, 9.17) is 9.84 Å². The summed E-state index contributed by atoms with van der Waals surface area (Å²) < 4.78 is 5.76. The number of aliphatic carboxylic acids is 1. The van der Waals surface area contributed by atoms with Gasteiger partial charge in [0.1, 0.15) is 0 Å². The number of carbonyl (C=O) groups excluding carboxylic acids is 1. The highest BCUT2D eigenvalue weighted by Gasteiger charge is 2.36. The number of nitrogens with zero attached hydrogens (tertiary/aromatic N) is 1. The van der Waals surface area contributed by atoms with Crippen LogP contribution in [0.4, 0.5) is 0 Å². The van der Waals surface area contributed by atoms with Crippen molar-refractivity contribution in [3.63, 3.8) is 0 Å². The topological polar surface area (TPSA) is 66.8 Å². The van der Waals surface area contributed by atoms with Gasteiger partial charge in [0.2, 0.25) is 5.91 Å². The number of rotatable bonds is 5. The van der Waals surface area contributed by atoms with Crippen LogP contribution in [0.15, 0.2) is 0 Å². The maximum Gasteiger partial charge on any atom is 0.306 e. The minimum Gasteiger partial charge on any atom is -0.481 e. The van der Waals surface area contributed by atoms with E-state index >= 15 is 0 Å². The highest BCUT2D eigenvalue weighted by atomic mass is 16.5. The van der Waals surface area contributed by atoms with E-state index in [0.29, 0.717) is 18.9 Å². The standard InChI is InChI=1S/C18H29NO4/c20-17(13-7-9-14(10-8-13)18(21)22)19(15-4-1-2-5-15)12-16-6-3-11-23-16/h13-16H,1-12H2,(H,21,22). The second-order valence-corrected chi connectivity index (χ2v) is 7.45. The molecule has 1 aliphatic heterocycles. The Kier molecular flexibility index (Phi) is 5.57. The van der Waals surface area contributed by atoms with Crippen molar-refractivity contribution >= 4 is 11.9 Å². The fraction of sp³-hybridized carbons (Fsp3) is 0.889. The molecule has 0 aromatic heterocycles. The molecule has 2 aliphatic carbocycles. The zero-order chi connectivity index (χ0) is 16.2. The van der Waals surface area contributed by atoms with Crippen LogP contribution < -0.4 is 0 Å². The first-order valence-corrected chi connectivity index (χ1v) is 9.30. The molecule has 0 bridgehead atoms. The van der Waals surface area contributed by atoms with Gasteiger partial charge in [-0.05, 0) is 51.4 Å². The number of amides is 1. The summed E-state index contributed by atoms with van der Waals surface area (Å²) in [5, 5.41) is 9.12. The molecule has 0 radical (unpaired) electrons. The Bertz CT molecular complexity index is 419. The lowest BCUT2D eigenvalue weighted by atomic mass is 9.81. The molecule has 5 heteroatoms. The number of hydrogen-bond acceptors (Lipinski definition) is 3. The average molecular weight is 323 g/mol. The molecule has 0 aromatic rings. The maximum atomic E-state index is 13.1. The van der Waals surface area contributed by atoms with E-state index in [-0.39, 0.29) is 23.8 Å². The lowest BCUT2D eigenvalue weighted by Crippen LogP contribution is -2.47. The highest BCUT2D eigenvalue weighted by Crippen LogP contribution is 2.33. The Morgan fingerprint density at radius 2 is 1.57 bits per heavy atom. The molecule has 2 saturated carbocycles. The summed E-state index contributed by atoms with van der Waals surface area (Å²) in [5.74, 6) is -0.677. The van der Waals surface area contributed by atoms with Crippen molar-refractivity contribution in [2.24, 2.45) is 11.8 Å². The molecule has 1 N–H and O–H groups in total. The Morgan fingerprint density at radius 3 is 2.13 bits per heavy atom. The summed E-state index contributed by atoms with van der Waals surface area (Å²) in [6.07, 6.45) is 9.76. The Hall–Kier alpha value is -1.10. The van der Waals surface area contributed by atoms with Gasteiger partial charge in [-0.15, -0.1) is 0 Å². The van der Waals surface area contributed by atoms with Crippen molar-refractivity contribution in [2.45, 2.75) is 76.4 Å². The molecule has 3 fully saturated rings. The van der Waals surface area contributed by atoms with Gasteiger partial charge in [-0.2, -0.15) is 0 Å². The number of ether oxygens (including phenoxy) is 1. The van der Waals surface area contributed by atoms with E-state index in [9.17, 15) is 9.59 Å². The normalized spacial score (nSPS) is 32.1. The van der Waals surface area contributed by atoms with Crippen molar-refractivity contribution in [3.05, 3.63) is 0 Å². The van der Waals surface area contributed by atoms with E-state index in [1.165, 1.54) is 12.8 Å². The largest absolute Gasteiger partial charge is 0.481 e. The van der Waals surface area contributed by atoms with Crippen molar-refractivity contribution < 1.29 is 19.4 Å². The van der Waals surface area contributed by atoms with Crippen molar-refractivity contribution in [2.75, 3.05) is 13.2 Å². The SMILES string of the molecule is O=C(O)C1CCC(C(=O)N(CC2CCCO2)C2CCCC2)CC1. The van der Waals surface area contributed by atoms with Crippen LogP contribution in [-0.2, 0) is 14.3 Å². The Labute approximate surface area is 138 Å². The Morgan fingerprint density at radius 1 is 0.913 bits per heavy atom. The van der Waals surface area contributed by atoms with Gasteiger partial charge in [0, 0.05) is 25.1 Å². The fourth-order valence-electron chi connectivity index (χ4n) is 4.46. The van der Waals surface area contributed by atoms with Crippen LogP contribution in [0.3, 0.4) is 0 Å². The molecule has 0 aromatic carbocycles. The molecule has 130 valence electrons. The third kappa shape index (κ3) is 4.06. The second kappa shape index (κ2) is 7.65. The van der Waals surface area contributed by atoms with Gasteiger partial charge in [0.15, 0.2) is 0 Å². The van der Waals surface area contributed by atoms with Crippen LogP contribution >= 0.6 is 0 Å². The van der Waals surface area contributed by atoms with Crippen molar-refractivity contribution in [3.8, 4) is 0 Å². The molecular formula is C18H29NO4. The van der Waals surface area contributed by atoms with Gasteiger partial charge in [-0.25, -0.2) is 0 Å². The van der Waals surface area contributed by atoms with Gasteiger partial charge < -0.3 is 14.7 Å². The summed E-state index contributed by atoms with van der Waals surface area (Å²) in [6.45, 7) is 1.56. The van der Waals surface area contributed by atoms with E-state index < -0.39 is 5.97 Å². The van der Waals surface area contributed by atoms with Gasteiger partial charge >= 0.3 is 5.97 Å². The predicted molar refractivity (Wildman–Crippen MR) is 86.0 cm³/mol. The smallest absolute Gasteiger partial charge is 0.306 e. The minimum atomic E-state index is -0.706. The first-order valence-electron chi connectivity index (χ1n) is 9.30. The monoisotopic (exact) mass is 323 g/mol. The first kappa shape index (κ1) is 16.7. The van der Waals surface area contributed by atoms with Gasteiger partial charge in [-0.3, -0.25) is 9.59 Å². The van der Waals surface area contributed by atoms with Crippen LogP contribution in [0.1, 0.15) is 64.2 Å². The van der Waals surface area contributed by atoms with Crippen LogP contribution in [0.25, 0.3) is 0 Å². The molecule has 1 amide bonds. The van der Waals surface area contributed by atoms with Crippen molar-refractivity contribution in [1.82, 2.24) is 4.90 Å². The lowest BCUT2D eigenvalue weighted by Gasteiger charge is -2.36. The van der Waals surface area contributed by atoms with Crippen LogP contribution in [-0.4, -0.2) is 47.2 Å². The summed E-state index contributed by atoms with van der Waals surface area (Å²) in [5.41, 5.74) is 0. The lowest BCUT2D eigenvalue weighted by molar-refractivity contribution is -0.147. The molecule has 5 nitrogen and oxygen atoms in total. The summed E-state index contributed by atoms with van der Waals surface area (Å²) >= 11 is 0. The molecule has 23 heavy (non-hydrogen) atoms. The number of carboxylic acid groups (broad SMARTS) is 1. The highest BCUT2D eigenvalue weighted by molar-refractivity contribution is 5.80. The molecule has 0 spiro atoms. The minimum absolute atomic E-state index is 0.0209.